The van der Waals surface area contributed by atoms with Crippen LogP contribution in [0.25, 0.3) is 0 Å². The van der Waals surface area contributed by atoms with Gasteiger partial charge in [0.05, 0.1) is 18.8 Å². The van der Waals surface area contributed by atoms with Gasteiger partial charge >= 0.3 is 0 Å². The van der Waals surface area contributed by atoms with Gasteiger partial charge in [0.25, 0.3) is 0 Å². The van der Waals surface area contributed by atoms with Crippen molar-refractivity contribution in [3.8, 4) is 5.75 Å². The molecule has 0 aliphatic carbocycles. The summed E-state index contributed by atoms with van der Waals surface area (Å²) in [5.41, 5.74) is 0.263. The molecule has 1 atom stereocenters. The van der Waals surface area contributed by atoms with Crippen LogP contribution in [0.2, 0.25) is 0 Å². The number of rotatable bonds is 7. The predicted molar refractivity (Wildman–Crippen MR) is 71.6 cm³/mol. The Hall–Kier alpha value is -1.10. The van der Waals surface area contributed by atoms with Crippen molar-refractivity contribution >= 4 is 0 Å². The normalized spacial score (nSPS) is 14.6. The number of nitrogens with one attached hydrogen (secondary N) is 1. The molecule has 1 aromatic rings. The summed E-state index contributed by atoms with van der Waals surface area (Å²) in [4.78, 5) is 0. The Balaban J connectivity index is 2.67. The van der Waals surface area contributed by atoms with Gasteiger partial charge < -0.3 is 20.3 Å². The second-order valence-corrected chi connectivity index (χ2v) is 5.07. The molecule has 0 radical (unpaired) electrons. The molecular formula is C14H23NO3. The average Bonchev–Trinajstić information content (AvgIpc) is 2.36. The van der Waals surface area contributed by atoms with E-state index in [1.165, 1.54) is 0 Å². The summed E-state index contributed by atoms with van der Waals surface area (Å²) in [5.74, 6) is 0.658. The van der Waals surface area contributed by atoms with Crippen molar-refractivity contribution in [3.63, 3.8) is 0 Å². The van der Waals surface area contributed by atoms with Gasteiger partial charge in [0.2, 0.25) is 0 Å². The summed E-state index contributed by atoms with van der Waals surface area (Å²) in [5, 5.41) is 21.9. The maximum atomic E-state index is 9.45. The van der Waals surface area contributed by atoms with E-state index in [1.54, 1.807) is 0 Å². The van der Waals surface area contributed by atoms with E-state index in [0.717, 1.165) is 5.56 Å². The van der Waals surface area contributed by atoms with Gasteiger partial charge in [0, 0.05) is 11.6 Å². The maximum Gasteiger partial charge on any atom is 0.124 e. The Labute approximate surface area is 109 Å². The minimum atomic E-state index is -0.489. The molecule has 0 amide bonds. The van der Waals surface area contributed by atoms with Crippen LogP contribution in [-0.4, -0.2) is 35.0 Å². The lowest BCUT2D eigenvalue weighted by Gasteiger charge is -2.31. The monoisotopic (exact) mass is 253 g/mol. The van der Waals surface area contributed by atoms with Crippen LogP contribution in [0, 0.1) is 0 Å². The smallest absolute Gasteiger partial charge is 0.124 e. The third-order valence-electron chi connectivity index (χ3n) is 2.68. The number of aliphatic hydroxyl groups excluding tert-OH is 2. The Bertz CT molecular complexity index is 368. The van der Waals surface area contributed by atoms with Crippen molar-refractivity contribution in [3.05, 3.63) is 29.8 Å². The summed E-state index contributed by atoms with van der Waals surface area (Å²) in [7, 11) is 0. The van der Waals surface area contributed by atoms with Crippen LogP contribution >= 0.6 is 0 Å². The van der Waals surface area contributed by atoms with E-state index in [9.17, 15) is 10.2 Å². The molecule has 0 spiro atoms. The largest absolute Gasteiger partial charge is 0.491 e. The van der Waals surface area contributed by atoms with E-state index in [-0.39, 0.29) is 19.3 Å². The lowest BCUT2D eigenvalue weighted by Crippen LogP contribution is -2.53. The van der Waals surface area contributed by atoms with Crippen LogP contribution in [0.1, 0.15) is 26.3 Å². The molecule has 102 valence electrons. The Morgan fingerprint density at radius 2 is 1.94 bits per heavy atom. The Morgan fingerprint density at radius 1 is 1.28 bits per heavy atom. The topological polar surface area (TPSA) is 61.7 Å². The molecule has 4 nitrogen and oxygen atoms in total. The molecule has 3 N–H and O–H groups in total. The molecule has 0 aliphatic heterocycles. The van der Waals surface area contributed by atoms with Gasteiger partial charge in [-0.1, -0.05) is 32.0 Å². The van der Waals surface area contributed by atoms with Crippen molar-refractivity contribution in [2.45, 2.75) is 39.0 Å². The standard InChI is InChI=1S/C14H23NO3/c1-11(2)15-14(3,9-17)10-18-13-7-5-4-6-12(13)8-16/h4-7,11,15-17H,8-10H2,1-3H3. The fourth-order valence-corrected chi connectivity index (χ4v) is 1.84. The molecule has 0 heterocycles. The number of para-hydroxylation sites is 1. The molecule has 18 heavy (non-hydrogen) atoms. The van der Waals surface area contributed by atoms with Crippen molar-refractivity contribution in [2.75, 3.05) is 13.2 Å². The summed E-state index contributed by atoms with van der Waals surface area (Å²) in [6.45, 7) is 6.24. The van der Waals surface area contributed by atoms with Crippen LogP contribution in [0.5, 0.6) is 5.75 Å². The quantitative estimate of drug-likeness (QED) is 0.685. The van der Waals surface area contributed by atoms with Crippen LogP contribution < -0.4 is 10.1 Å². The van der Waals surface area contributed by atoms with E-state index in [0.29, 0.717) is 12.4 Å². The summed E-state index contributed by atoms with van der Waals surface area (Å²) in [6.07, 6.45) is 0. The number of aliphatic hydroxyl groups is 2. The molecule has 0 aromatic heterocycles. The van der Waals surface area contributed by atoms with E-state index in [1.807, 2.05) is 45.0 Å². The van der Waals surface area contributed by atoms with Gasteiger partial charge in [-0.15, -0.1) is 0 Å². The molecule has 0 aliphatic rings. The number of benzene rings is 1. The Morgan fingerprint density at radius 3 is 2.50 bits per heavy atom. The van der Waals surface area contributed by atoms with Gasteiger partial charge in [0.1, 0.15) is 12.4 Å². The molecule has 0 saturated carbocycles. The number of hydrogen-bond acceptors (Lipinski definition) is 4. The summed E-state index contributed by atoms with van der Waals surface area (Å²) < 4.78 is 5.70. The van der Waals surface area contributed by atoms with Crippen LogP contribution in [0.15, 0.2) is 24.3 Å². The minimum Gasteiger partial charge on any atom is -0.491 e. The number of ether oxygens (including phenoxy) is 1. The lowest BCUT2D eigenvalue weighted by molar-refractivity contribution is 0.107. The summed E-state index contributed by atoms with van der Waals surface area (Å²) >= 11 is 0. The molecule has 1 aromatic carbocycles. The maximum absolute atomic E-state index is 9.45. The zero-order valence-electron chi connectivity index (χ0n) is 11.3. The highest BCUT2D eigenvalue weighted by Gasteiger charge is 2.25. The van der Waals surface area contributed by atoms with Gasteiger partial charge in [-0.2, -0.15) is 0 Å². The molecule has 0 fully saturated rings. The van der Waals surface area contributed by atoms with Crippen molar-refractivity contribution < 1.29 is 14.9 Å². The first-order chi connectivity index (χ1) is 8.50. The van der Waals surface area contributed by atoms with Crippen LogP contribution in [0.3, 0.4) is 0 Å². The zero-order chi connectivity index (χ0) is 13.6. The molecule has 4 heteroatoms. The van der Waals surface area contributed by atoms with E-state index < -0.39 is 5.54 Å². The third-order valence-corrected chi connectivity index (χ3v) is 2.68. The van der Waals surface area contributed by atoms with E-state index in [2.05, 4.69) is 5.32 Å². The summed E-state index contributed by atoms with van der Waals surface area (Å²) in [6, 6.07) is 7.62. The Kier molecular flexibility index (Phi) is 5.59. The third kappa shape index (κ3) is 4.29. The fourth-order valence-electron chi connectivity index (χ4n) is 1.84. The van der Waals surface area contributed by atoms with Crippen LogP contribution in [-0.2, 0) is 6.61 Å². The van der Waals surface area contributed by atoms with Crippen molar-refractivity contribution in [2.24, 2.45) is 0 Å². The SMILES string of the molecule is CC(C)NC(C)(CO)COc1ccccc1CO. The first-order valence-corrected chi connectivity index (χ1v) is 6.21. The molecule has 0 bridgehead atoms. The first kappa shape index (κ1) is 15.0. The van der Waals surface area contributed by atoms with Gasteiger partial charge in [-0.05, 0) is 13.0 Å². The van der Waals surface area contributed by atoms with Crippen molar-refractivity contribution in [1.82, 2.24) is 5.32 Å². The highest BCUT2D eigenvalue weighted by atomic mass is 16.5. The molecule has 1 unspecified atom stereocenters. The highest BCUT2D eigenvalue weighted by molar-refractivity contribution is 5.32. The molecule has 0 saturated heterocycles. The first-order valence-electron chi connectivity index (χ1n) is 6.21. The zero-order valence-corrected chi connectivity index (χ0v) is 11.3. The highest BCUT2D eigenvalue weighted by Crippen LogP contribution is 2.19. The number of hydrogen-bond donors (Lipinski definition) is 3. The van der Waals surface area contributed by atoms with Crippen molar-refractivity contribution in [1.29, 1.82) is 0 Å². The second-order valence-electron chi connectivity index (χ2n) is 5.07. The van der Waals surface area contributed by atoms with Gasteiger partial charge in [-0.3, -0.25) is 0 Å². The van der Waals surface area contributed by atoms with E-state index >= 15 is 0 Å². The van der Waals surface area contributed by atoms with Gasteiger partial charge in [-0.25, -0.2) is 0 Å². The fraction of sp³-hybridized carbons (Fsp3) is 0.571. The molecular weight excluding hydrogens is 230 g/mol. The average molecular weight is 253 g/mol. The molecule has 1 rings (SSSR count). The predicted octanol–water partition coefficient (Wildman–Crippen LogP) is 1.31. The van der Waals surface area contributed by atoms with E-state index in [4.69, 9.17) is 4.74 Å². The lowest BCUT2D eigenvalue weighted by atomic mass is 10.0. The van der Waals surface area contributed by atoms with Gasteiger partial charge in [0.15, 0.2) is 0 Å². The minimum absolute atomic E-state index is 0.00747. The van der Waals surface area contributed by atoms with Crippen LogP contribution in [0.4, 0.5) is 0 Å². The second kappa shape index (κ2) is 6.73.